The second kappa shape index (κ2) is 15.1. The Balaban J connectivity index is 1.33. The van der Waals surface area contributed by atoms with E-state index in [2.05, 4.69) is 233 Å². The fourth-order valence-corrected chi connectivity index (χ4v) is 10.4. The lowest BCUT2D eigenvalue weighted by molar-refractivity contribution is 0.537. The van der Waals surface area contributed by atoms with Gasteiger partial charge in [0.1, 0.15) is 5.82 Å². The molecule has 0 bridgehead atoms. The maximum atomic E-state index is 5.75. The van der Waals surface area contributed by atoms with Crippen LogP contribution in [0.15, 0.2) is 121 Å². The van der Waals surface area contributed by atoms with Crippen LogP contribution in [-0.2, 0) is 21.7 Å². The molecule has 5 heteroatoms. The van der Waals surface area contributed by atoms with E-state index in [4.69, 9.17) is 10.1 Å². The number of anilines is 3. The molecule has 1 aliphatic rings. The summed E-state index contributed by atoms with van der Waals surface area (Å²) in [6, 6.07) is 43.2. The largest absolute Gasteiger partial charge is 0.310 e. The number of benzene rings is 5. The summed E-state index contributed by atoms with van der Waals surface area (Å²) < 4.78 is 4.66. The molecule has 0 N–H and O–H groups in total. The van der Waals surface area contributed by atoms with E-state index in [0.717, 1.165) is 39.6 Å². The highest BCUT2D eigenvalue weighted by Gasteiger charge is 2.39. The number of pyridine rings is 1. The van der Waals surface area contributed by atoms with Crippen molar-refractivity contribution in [2.45, 2.75) is 137 Å². The van der Waals surface area contributed by atoms with Gasteiger partial charge in [0.05, 0.1) is 39.5 Å². The second-order valence-corrected chi connectivity index (χ2v) is 22.5. The van der Waals surface area contributed by atoms with E-state index in [0.29, 0.717) is 11.8 Å². The molecule has 8 aromatic rings. The number of fused-ring (bicyclic) bond motifs is 5. The number of aromatic nitrogens is 4. The molecular formula is C59H67N5. The highest BCUT2D eigenvalue weighted by molar-refractivity contribution is 6.10. The first-order valence-corrected chi connectivity index (χ1v) is 23.4. The molecule has 1 aliphatic heterocycles. The molecular weight excluding hydrogens is 779 g/mol. The van der Waals surface area contributed by atoms with Crippen molar-refractivity contribution in [1.82, 2.24) is 19.3 Å². The van der Waals surface area contributed by atoms with Crippen molar-refractivity contribution in [2.24, 2.45) is 0 Å². The predicted molar refractivity (Wildman–Crippen MR) is 272 cm³/mol. The van der Waals surface area contributed by atoms with Crippen molar-refractivity contribution in [3.8, 4) is 22.6 Å². The first-order valence-electron chi connectivity index (χ1n) is 23.4. The van der Waals surface area contributed by atoms with E-state index < -0.39 is 0 Å². The molecule has 64 heavy (non-hydrogen) atoms. The molecule has 0 amide bonds. The minimum atomic E-state index is -0.252. The van der Waals surface area contributed by atoms with Crippen molar-refractivity contribution < 1.29 is 0 Å². The molecule has 0 saturated heterocycles. The lowest BCUT2D eigenvalue weighted by atomic mass is 9.73. The summed E-state index contributed by atoms with van der Waals surface area (Å²) >= 11 is 0. The van der Waals surface area contributed by atoms with Gasteiger partial charge in [-0.3, -0.25) is 4.57 Å². The van der Waals surface area contributed by atoms with Gasteiger partial charge in [-0.1, -0.05) is 171 Å². The number of hydrogen-bond acceptors (Lipinski definition) is 3. The predicted octanol–water partition coefficient (Wildman–Crippen LogP) is 16.3. The summed E-state index contributed by atoms with van der Waals surface area (Å²) in [7, 11) is 0. The fraction of sp³-hybridized carbons (Fsp3) is 0.356. The van der Waals surface area contributed by atoms with Gasteiger partial charge in [-0.2, -0.15) is 5.10 Å². The van der Waals surface area contributed by atoms with Crippen molar-refractivity contribution in [2.75, 3.05) is 4.90 Å². The van der Waals surface area contributed by atoms with Crippen LogP contribution in [0.3, 0.4) is 0 Å². The first kappa shape index (κ1) is 43.3. The van der Waals surface area contributed by atoms with Gasteiger partial charge >= 0.3 is 0 Å². The normalized spacial score (nSPS) is 14.2. The van der Waals surface area contributed by atoms with Crippen LogP contribution in [-0.4, -0.2) is 19.3 Å². The maximum absolute atomic E-state index is 5.75. The molecule has 0 saturated carbocycles. The summed E-state index contributed by atoms with van der Waals surface area (Å²) in [5, 5.41) is 8.17. The average molecular weight is 846 g/mol. The zero-order valence-corrected chi connectivity index (χ0v) is 40.9. The average Bonchev–Trinajstić information content (AvgIpc) is 3.81. The lowest BCUT2D eigenvalue weighted by Gasteiger charge is -2.42. The summed E-state index contributed by atoms with van der Waals surface area (Å²) in [5.41, 5.74) is 17.7. The Bertz CT molecular complexity index is 3070. The zero-order chi connectivity index (χ0) is 45.8. The second-order valence-electron chi connectivity index (χ2n) is 22.5. The molecule has 328 valence electrons. The Morgan fingerprint density at radius 3 is 1.81 bits per heavy atom. The summed E-state index contributed by atoms with van der Waals surface area (Å²) in [5.74, 6) is 1.63. The van der Waals surface area contributed by atoms with Gasteiger partial charge in [-0.25, -0.2) is 9.67 Å². The molecule has 0 fully saturated rings. The van der Waals surface area contributed by atoms with Crippen LogP contribution < -0.4 is 4.90 Å². The fourth-order valence-electron chi connectivity index (χ4n) is 10.4. The van der Waals surface area contributed by atoms with E-state index in [1.807, 2.05) is 6.20 Å². The topological polar surface area (TPSA) is 38.9 Å². The third kappa shape index (κ3) is 6.98. The van der Waals surface area contributed by atoms with Gasteiger partial charge in [0.2, 0.25) is 0 Å². The molecule has 9 rings (SSSR count). The highest BCUT2D eigenvalue weighted by Crippen LogP contribution is 2.54. The summed E-state index contributed by atoms with van der Waals surface area (Å²) in [6.45, 7) is 34.9. The molecule has 0 radical (unpaired) electrons. The van der Waals surface area contributed by atoms with Crippen LogP contribution in [0.2, 0.25) is 0 Å². The monoisotopic (exact) mass is 846 g/mol. The van der Waals surface area contributed by atoms with E-state index in [-0.39, 0.29) is 21.7 Å². The highest BCUT2D eigenvalue weighted by atomic mass is 15.3. The molecule has 3 aromatic heterocycles. The molecule has 0 unspecified atom stereocenters. The minimum Gasteiger partial charge on any atom is -0.310 e. The quantitative estimate of drug-likeness (QED) is 0.167. The van der Waals surface area contributed by atoms with Crippen molar-refractivity contribution in [3.05, 3.63) is 161 Å². The Hall–Kier alpha value is -5.94. The van der Waals surface area contributed by atoms with Gasteiger partial charge in [-0.15, -0.1) is 0 Å². The standard InChI is InChI=1S/C59H67N5/c1-36(2)41-22-20-23-42(37(3)4)52(41)53-54(57(8,9)10)61-64(55(53)58(11,12)13)40-28-30-46-50(35-40)62(48-26-19-17-24-45(48)59(46,14)15)39-27-29-44-43-21-16-18-25-47(43)63(49(44)34-39)51-33-38(31-32-60-51)56(5,6)7/h16-37H,1-15H3. The van der Waals surface area contributed by atoms with Crippen molar-refractivity contribution >= 4 is 38.9 Å². The van der Waals surface area contributed by atoms with E-state index in [1.54, 1.807) is 0 Å². The van der Waals surface area contributed by atoms with Crippen LogP contribution in [0.5, 0.6) is 0 Å². The van der Waals surface area contributed by atoms with E-state index in [9.17, 15) is 0 Å². The smallest absolute Gasteiger partial charge is 0.137 e. The number of nitrogens with zero attached hydrogens (tertiary/aromatic N) is 5. The number of rotatable bonds is 6. The summed E-state index contributed by atoms with van der Waals surface area (Å²) in [4.78, 5) is 7.52. The van der Waals surface area contributed by atoms with Gasteiger partial charge in [0, 0.05) is 44.5 Å². The number of para-hydroxylation sites is 2. The Labute approximate surface area is 382 Å². The molecule has 0 spiro atoms. The minimum absolute atomic E-state index is 0.0162. The van der Waals surface area contributed by atoms with Crippen molar-refractivity contribution in [3.63, 3.8) is 0 Å². The molecule has 4 heterocycles. The zero-order valence-electron chi connectivity index (χ0n) is 40.9. The maximum Gasteiger partial charge on any atom is 0.137 e. The van der Waals surface area contributed by atoms with E-state index >= 15 is 0 Å². The van der Waals surface area contributed by atoms with Crippen LogP contribution in [0, 0.1) is 0 Å². The molecule has 5 aromatic carbocycles. The molecule has 0 atom stereocenters. The SMILES string of the molecule is CC(C)c1cccc(C(C)C)c1-c1c(C(C)(C)C)nn(-c2ccc3c(c2)N(c2ccc4c5ccccc5n(-c5cc(C(C)(C)C)ccn5)c4c2)c2ccccc2C3(C)C)c1C(C)(C)C. The van der Waals surface area contributed by atoms with Gasteiger partial charge in [-0.05, 0) is 99.2 Å². The molecule has 0 aliphatic carbocycles. The third-order valence-corrected chi connectivity index (χ3v) is 13.6. The Morgan fingerprint density at radius 2 is 1.16 bits per heavy atom. The van der Waals surface area contributed by atoms with Crippen LogP contribution in [0.4, 0.5) is 17.1 Å². The Morgan fingerprint density at radius 1 is 0.531 bits per heavy atom. The van der Waals surface area contributed by atoms with Crippen LogP contribution >= 0.6 is 0 Å². The lowest BCUT2D eigenvalue weighted by Crippen LogP contribution is -2.31. The van der Waals surface area contributed by atoms with Crippen molar-refractivity contribution in [1.29, 1.82) is 0 Å². The van der Waals surface area contributed by atoms with Gasteiger partial charge < -0.3 is 4.90 Å². The van der Waals surface area contributed by atoms with E-state index in [1.165, 1.54) is 61.1 Å². The molecule has 5 nitrogen and oxygen atoms in total. The van der Waals surface area contributed by atoms with Gasteiger partial charge in [0.25, 0.3) is 0 Å². The van der Waals surface area contributed by atoms with Gasteiger partial charge in [0.15, 0.2) is 0 Å². The third-order valence-electron chi connectivity index (χ3n) is 13.6. The van der Waals surface area contributed by atoms with Crippen LogP contribution in [0.1, 0.15) is 155 Å². The summed E-state index contributed by atoms with van der Waals surface area (Å²) in [6.07, 6.45) is 1.96. The van der Waals surface area contributed by atoms with Crippen LogP contribution in [0.25, 0.3) is 44.4 Å². The first-order chi connectivity index (χ1) is 30.1. The Kier molecular flexibility index (Phi) is 10.2. The number of hydrogen-bond donors (Lipinski definition) is 0.